The monoisotopic (exact) mass is 220 g/mol. The van der Waals surface area contributed by atoms with Crippen LogP contribution < -0.4 is 0 Å². The third-order valence-corrected chi connectivity index (χ3v) is 1.83. The molecule has 1 aromatic rings. The number of carbonyl (C=O) groups excluding carboxylic acids is 1. The van der Waals surface area contributed by atoms with Crippen molar-refractivity contribution in [3.63, 3.8) is 0 Å². The molecular formula is C8H3ClF2O3. The lowest BCUT2D eigenvalue weighted by Gasteiger charge is -2.02. The Balaban J connectivity index is 3.40. The van der Waals surface area contributed by atoms with Crippen molar-refractivity contribution in [2.24, 2.45) is 0 Å². The van der Waals surface area contributed by atoms with Crippen LogP contribution in [0.15, 0.2) is 12.1 Å². The minimum Gasteiger partial charge on any atom is -0.475 e. The minimum absolute atomic E-state index is 0.636. The SMILES string of the molecule is O=C(O)C(=O)c1c(F)ccc(F)c1Cl. The molecule has 0 amide bonds. The van der Waals surface area contributed by atoms with Crippen LogP contribution in [0.5, 0.6) is 0 Å². The molecule has 14 heavy (non-hydrogen) atoms. The Morgan fingerprint density at radius 3 is 2.21 bits per heavy atom. The summed E-state index contributed by atoms with van der Waals surface area (Å²) in [6, 6.07) is 1.34. The van der Waals surface area contributed by atoms with Crippen LogP contribution in [0.3, 0.4) is 0 Å². The van der Waals surface area contributed by atoms with Gasteiger partial charge in [-0.15, -0.1) is 0 Å². The Bertz CT molecular complexity index is 417. The van der Waals surface area contributed by atoms with E-state index in [0.717, 1.165) is 0 Å². The van der Waals surface area contributed by atoms with Crippen LogP contribution in [0.2, 0.25) is 5.02 Å². The maximum absolute atomic E-state index is 12.9. The first-order valence-corrected chi connectivity index (χ1v) is 3.74. The second-order valence-electron chi connectivity index (χ2n) is 2.35. The van der Waals surface area contributed by atoms with E-state index in [2.05, 4.69) is 0 Å². The van der Waals surface area contributed by atoms with Gasteiger partial charge in [-0.05, 0) is 12.1 Å². The molecule has 0 aromatic heterocycles. The fraction of sp³-hybridized carbons (Fsp3) is 0. The van der Waals surface area contributed by atoms with Crippen molar-refractivity contribution in [1.29, 1.82) is 0 Å². The molecule has 0 heterocycles. The van der Waals surface area contributed by atoms with E-state index in [1.807, 2.05) is 0 Å². The average Bonchev–Trinajstić information content (AvgIpc) is 2.12. The van der Waals surface area contributed by atoms with Gasteiger partial charge in [0.25, 0.3) is 5.78 Å². The summed E-state index contributed by atoms with van der Waals surface area (Å²) < 4.78 is 25.6. The van der Waals surface area contributed by atoms with Crippen molar-refractivity contribution in [2.75, 3.05) is 0 Å². The normalized spacial score (nSPS) is 9.93. The Hall–Kier alpha value is -1.49. The van der Waals surface area contributed by atoms with Gasteiger partial charge in [-0.25, -0.2) is 13.6 Å². The Morgan fingerprint density at radius 1 is 1.21 bits per heavy atom. The highest BCUT2D eigenvalue weighted by Crippen LogP contribution is 2.23. The number of rotatable bonds is 2. The summed E-state index contributed by atoms with van der Waals surface area (Å²) in [5, 5.41) is 7.46. The van der Waals surface area contributed by atoms with E-state index in [1.54, 1.807) is 0 Å². The minimum atomic E-state index is -1.89. The van der Waals surface area contributed by atoms with Crippen LogP contribution >= 0.6 is 11.6 Å². The second-order valence-corrected chi connectivity index (χ2v) is 2.73. The first kappa shape index (κ1) is 10.6. The molecule has 0 aliphatic heterocycles. The van der Waals surface area contributed by atoms with E-state index >= 15 is 0 Å². The Morgan fingerprint density at radius 2 is 1.71 bits per heavy atom. The van der Waals surface area contributed by atoms with Crippen molar-refractivity contribution in [2.45, 2.75) is 0 Å². The predicted octanol–water partition coefficient (Wildman–Crippen LogP) is 1.89. The molecule has 0 saturated carbocycles. The van der Waals surface area contributed by atoms with Crippen LogP contribution in [-0.2, 0) is 4.79 Å². The third kappa shape index (κ3) is 1.72. The zero-order valence-corrected chi connectivity index (χ0v) is 7.31. The van der Waals surface area contributed by atoms with Crippen LogP contribution in [-0.4, -0.2) is 16.9 Å². The number of carboxylic acid groups (broad SMARTS) is 1. The van der Waals surface area contributed by atoms with Gasteiger partial charge in [0, 0.05) is 0 Å². The van der Waals surface area contributed by atoms with Gasteiger partial charge in [0.1, 0.15) is 11.6 Å². The topological polar surface area (TPSA) is 54.4 Å². The van der Waals surface area contributed by atoms with Crippen molar-refractivity contribution in [3.05, 3.63) is 34.4 Å². The van der Waals surface area contributed by atoms with E-state index in [-0.39, 0.29) is 0 Å². The molecule has 0 spiro atoms. The third-order valence-electron chi connectivity index (χ3n) is 1.47. The molecule has 0 aliphatic carbocycles. The van der Waals surface area contributed by atoms with E-state index in [4.69, 9.17) is 16.7 Å². The summed E-state index contributed by atoms with van der Waals surface area (Å²) in [6.07, 6.45) is 0. The molecule has 1 aromatic carbocycles. The van der Waals surface area contributed by atoms with Crippen LogP contribution in [0.1, 0.15) is 10.4 Å². The summed E-state index contributed by atoms with van der Waals surface area (Å²) in [5.41, 5.74) is -0.959. The van der Waals surface area contributed by atoms with E-state index in [0.29, 0.717) is 12.1 Å². The summed E-state index contributed by atoms with van der Waals surface area (Å²) >= 11 is 5.24. The van der Waals surface area contributed by atoms with E-state index in [1.165, 1.54) is 0 Å². The summed E-state index contributed by atoms with van der Waals surface area (Å²) in [5.74, 6) is -5.68. The molecular weight excluding hydrogens is 218 g/mol. The standard InChI is InChI=1S/C8H3ClF2O3/c9-6-4(11)2-1-3(10)5(6)7(12)8(13)14/h1-2H,(H,13,14). The number of aliphatic carboxylic acids is 1. The van der Waals surface area contributed by atoms with Crippen molar-refractivity contribution >= 4 is 23.4 Å². The van der Waals surface area contributed by atoms with Crippen molar-refractivity contribution in [3.8, 4) is 0 Å². The molecule has 3 nitrogen and oxygen atoms in total. The lowest BCUT2D eigenvalue weighted by molar-refractivity contribution is -0.131. The van der Waals surface area contributed by atoms with Gasteiger partial charge in [0.2, 0.25) is 0 Å². The Kier molecular flexibility index (Phi) is 2.81. The highest BCUT2D eigenvalue weighted by molar-refractivity contribution is 6.45. The quantitative estimate of drug-likeness (QED) is 0.470. The first-order valence-electron chi connectivity index (χ1n) is 3.36. The van der Waals surface area contributed by atoms with E-state index in [9.17, 15) is 18.4 Å². The Labute approximate surface area is 81.9 Å². The molecule has 0 aliphatic rings. The second kappa shape index (κ2) is 3.71. The fourth-order valence-electron chi connectivity index (χ4n) is 0.842. The van der Waals surface area contributed by atoms with E-state index < -0.39 is 34.0 Å². The number of benzene rings is 1. The maximum Gasteiger partial charge on any atom is 0.377 e. The molecule has 74 valence electrons. The first-order chi connectivity index (χ1) is 6.45. The molecule has 1 N–H and O–H groups in total. The molecule has 0 fully saturated rings. The molecule has 0 radical (unpaired) electrons. The molecule has 0 unspecified atom stereocenters. The van der Waals surface area contributed by atoms with Gasteiger partial charge in [0.15, 0.2) is 0 Å². The highest BCUT2D eigenvalue weighted by Gasteiger charge is 2.24. The van der Waals surface area contributed by atoms with Crippen molar-refractivity contribution < 1.29 is 23.5 Å². The lowest BCUT2D eigenvalue weighted by Crippen LogP contribution is -2.15. The van der Waals surface area contributed by atoms with Gasteiger partial charge in [-0.1, -0.05) is 11.6 Å². The maximum atomic E-state index is 12.9. The zero-order valence-electron chi connectivity index (χ0n) is 6.55. The van der Waals surface area contributed by atoms with Gasteiger partial charge in [-0.2, -0.15) is 0 Å². The smallest absolute Gasteiger partial charge is 0.377 e. The summed E-state index contributed by atoms with van der Waals surface area (Å²) in [6.45, 7) is 0. The predicted molar refractivity (Wildman–Crippen MR) is 43.3 cm³/mol. The van der Waals surface area contributed by atoms with Gasteiger partial charge in [0.05, 0.1) is 10.6 Å². The number of carboxylic acids is 1. The number of ketones is 1. The summed E-state index contributed by atoms with van der Waals surface area (Å²) in [7, 11) is 0. The average molecular weight is 221 g/mol. The largest absolute Gasteiger partial charge is 0.475 e. The van der Waals surface area contributed by atoms with Gasteiger partial charge < -0.3 is 5.11 Å². The van der Waals surface area contributed by atoms with Crippen molar-refractivity contribution in [1.82, 2.24) is 0 Å². The number of carbonyl (C=O) groups is 2. The molecule has 6 heteroatoms. The lowest BCUT2D eigenvalue weighted by atomic mass is 10.1. The number of halogens is 3. The molecule has 0 saturated heterocycles. The number of hydrogen-bond donors (Lipinski definition) is 1. The number of hydrogen-bond acceptors (Lipinski definition) is 2. The van der Waals surface area contributed by atoms with Crippen LogP contribution in [0.4, 0.5) is 8.78 Å². The van der Waals surface area contributed by atoms with Crippen LogP contribution in [0, 0.1) is 11.6 Å². The van der Waals surface area contributed by atoms with Gasteiger partial charge in [-0.3, -0.25) is 4.79 Å². The zero-order chi connectivity index (χ0) is 10.9. The summed E-state index contributed by atoms with van der Waals surface area (Å²) in [4.78, 5) is 21.1. The van der Waals surface area contributed by atoms with Gasteiger partial charge >= 0.3 is 5.97 Å². The molecule has 0 atom stereocenters. The highest BCUT2D eigenvalue weighted by atomic mass is 35.5. The number of Topliss-reactive ketones (excluding diaryl/α,β-unsaturated/α-hetero) is 1. The van der Waals surface area contributed by atoms with Crippen LogP contribution in [0.25, 0.3) is 0 Å². The molecule has 0 bridgehead atoms. The molecule has 1 rings (SSSR count). The fourth-order valence-corrected chi connectivity index (χ4v) is 1.08.